The quantitative estimate of drug-likeness (QED) is 0.297. The summed E-state index contributed by atoms with van der Waals surface area (Å²) in [6.07, 6.45) is 4.05. The van der Waals surface area contributed by atoms with Gasteiger partial charge in [-0.3, -0.25) is 9.79 Å². The Labute approximate surface area is 98.5 Å². The van der Waals surface area contributed by atoms with Crippen LogP contribution in [-0.2, 0) is 4.79 Å². The number of hydrogen-bond acceptors (Lipinski definition) is 5. The molecule has 1 rings (SSSR count). The minimum atomic E-state index is -1.00. The summed E-state index contributed by atoms with van der Waals surface area (Å²) in [4.78, 5) is 13.9. The summed E-state index contributed by atoms with van der Waals surface area (Å²) in [5, 5.41) is 11.7. The topological polar surface area (TPSA) is 154 Å². The normalized spacial score (nSPS) is 10.9. The van der Waals surface area contributed by atoms with Crippen molar-refractivity contribution in [2.75, 3.05) is 6.54 Å². The molecule has 1 aromatic heterocycles. The number of carbonyl (C=O) groups is 1. The van der Waals surface area contributed by atoms with Crippen molar-refractivity contribution in [3.8, 4) is 0 Å². The molecule has 0 aliphatic heterocycles. The molecular weight excluding hydrogens is 226 g/mol. The maximum atomic E-state index is 10.2. The molecule has 17 heavy (non-hydrogen) atoms. The summed E-state index contributed by atoms with van der Waals surface area (Å²) >= 11 is 0. The Hall–Kier alpha value is -2.09. The minimum Gasteiger partial charge on any atom is -0.480 e. The molecule has 0 aromatic carbocycles. The van der Waals surface area contributed by atoms with E-state index in [0.717, 1.165) is 0 Å². The lowest BCUT2D eigenvalue weighted by Crippen LogP contribution is -2.30. The van der Waals surface area contributed by atoms with Crippen LogP contribution in [0.2, 0.25) is 0 Å². The van der Waals surface area contributed by atoms with Crippen LogP contribution in [0.25, 0.3) is 0 Å². The summed E-state index contributed by atoms with van der Waals surface area (Å²) in [5.41, 5.74) is 15.3. The molecule has 0 amide bonds. The monoisotopic (exact) mass is 243 g/mol. The molecule has 7 N–H and O–H groups in total. The Morgan fingerprint density at radius 1 is 1.53 bits per heavy atom. The molecule has 0 saturated carbocycles. The van der Waals surface area contributed by atoms with Crippen LogP contribution >= 0.6 is 0 Å². The van der Waals surface area contributed by atoms with Crippen molar-refractivity contribution in [3.63, 3.8) is 0 Å². The first-order chi connectivity index (χ1) is 8.04. The number of nitrogens with two attached hydrogens (primary N) is 3. The second-order valence-electron chi connectivity index (χ2n) is 3.08. The highest BCUT2D eigenvalue weighted by Gasteiger charge is 2.09. The molecule has 1 unspecified atom stereocenters. The molecule has 96 valence electrons. The predicted octanol–water partition coefficient (Wildman–Crippen LogP) is -0.873. The third kappa shape index (κ3) is 10.2. The first-order valence-electron chi connectivity index (χ1n) is 4.92. The highest BCUT2D eigenvalue weighted by atomic mass is 16.5. The maximum absolute atomic E-state index is 10.2. The Kier molecular flexibility index (Phi) is 8.03. The van der Waals surface area contributed by atoms with Gasteiger partial charge in [0.25, 0.3) is 0 Å². The van der Waals surface area contributed by atoms with Crippen LogP contribution in [-0.4, -0.2) is 34.8 Å². The molecule has 0 spiro atoms. The summed E-state index contributed by atoms with van der Waals surface area (Å²) in [6.45, 7) is 0.420. The van der Waals surface area contributed by atoms with Gasteiger partial charge in [-0.1, -0.05) is 5.16 Å². The summed E-state index contributed by atoms with van der Waals surface area (Å²) in [7, 11) is 0. The van der Waals surface area contributed by atoms with E-state index in [2.05, 4.69) is 14.7 Å². The van der Waals surface area contributed by atoms with Crippen LogP contribution in [0.15, 0.2) is 28.0 Å². The zero-order chi connectivity index (χ0) is 13.1. The lowest BCUT2D eigenvalue weighted by Gasteiger charge is -2.03. The fraction of sp³-hybridized carbons (Fsp3) is 0.444. The molecule has 0 aliphatic rings. The van der Waals surface area contributed by atoms with E-state index < -0.39 is 12.0 Å². The van der Waals surface area contributed by atoms with E-state index in [-0.39, 0.29) is 5.96 Å². The largest absolute Gasteiger partial charge is 0.480 e. The molecule has 0 radical (unpaired) electrons. The molecular formula is C9H17N5O3. The van der Waals surface area contributed by atoms with E-state index in [9.17, 15) is 4.79 Å². The van der Waals surface area contributed by atoms with Gasteiger partial charge in [0, 0.05) is 6.54 Å². The zero-order valence-corrected chi connectivity index (χ0v) is 9.32. The van der Waals surface area contributed by atoms with Gasteiger partial charge in [-0.2, -0.15) is 0 Å². The van der Waals surface area contributed by atoms with Gasteiger partial charge in [0.1, 0.15) is 12.3 Å². The number of hydrogen-bond donors (Lipinski definition) is 4. The van der Waals surface area contributed by atoms with Gasteiger partial charge < -0.3 is 26.8 Å². The minimum absolute atomic E-state index is 0.0129. The van der Waals surface area contributed by atoms with E-state index in [4.69, 9.17) is 22.3 Å². The molecule has 8 heteroatoms. The van der Waals surface area contributed by atoms with Gasteiger partial charge in [-0.15, -0.1) is 0 Å². The van der Waals surface area contributed by atoms with E-state index in [0.29, 0.717) is 19.4 Å². The van der Waals surface area contributed by atoms with Gasteiger partial charge >= 0.3 is 5.97 Å². The zero-order valence-electron chi connectivity index (χ0n) is 9.32. The summed E-state index contributed by atoms with van der Waals surface area (Å²) < 4.78 is 4.33. The molecule has 1 heterocycles. The first-order valence-corrected chi connectivity index (χ1v) is 4.92. The van der Waals surface area contributed by atoms with Gasteiger partial charge in [0.15, 0.2) is 5.96 Å². The molecule has 1 atom stereocenters. The second kappa shape index (κ2) is 9.16. The highest BCUT2D eigenvalue weighted by molar-refractivity contribution is 5.75. The number of rotatable bonds is 5. The van der Waals surface area contributed by atoms with Crippen molar-refractivity contribution in [2.45, 2.75) is 18.9 Å². The SMILES string of the molecule is NC(N)=NCCCC(N)C(=O)O.c1cnoc1. The highest BCUT2D eigenvalue weighted by Crippen LogP contribution is 1.94. The molecule has 0 saturated heterocycles. The van der Waals surface area contributed by atoms with Crippen LogP contribution in [0.1, 0.15) is 12.8 Å². The van der Waals surface area contributed by atoms with Crippen molar-refractivity contribution in [2.24, 2.45) is 22.2 Å². The van der Waals surface area contributed by atoms with E-state index in [1.165, 1.54) is 6.26 Å². The van der Waals surface area contributed by atoms with Crippen molar-refractivity contribution in [3.05, 3.63) is 18.5 Å². The standard InChI is InChI=1S/C6H14N4O2.C3H3NO/c7-4(5(11)12)2-1-3-10-6(8)9;1-2-4-5-3-1/h4H,1-3,7H2,(H,11,12)(H4,8,9,10);1-3H. The number of nitrogens with zero attached hydrogens (tertiary/aromatic N) is 2. The third-order valence-corrected chi connectivity index (χ3v) is 1.63. The average Bonchev–Trinajstić information content (AvgIpc) is 2.82. The van der Waals surface area contributed by atoms with Crippen LogP contribution in [0.3, 0.4) is 0 Å². The van der Waals surface area contributed by atoms with Gasteiger partial charge in [0.2, 0.25) is 0 Å². The Morgan fingerprint density at radius 3 is 2.59 bits per heavy atom. The number of carboxylic acid groups (broad SMARTS) is 1. The van der Waals surface area contributed by atoms with Crippen LogP contribution in [0.4, 0.5) is 0 Å². The van der Waals surface area contributed by atoms with E-state index in [1.807, 2.05) is 0 Å². The Bertz CT molecular complexity index is 304. The summed E-state index contributed by atoms with van der Waals surface area (Å²) in [5.74, 6) is -0.987. The average molecular weight is 243 g/mol. The van der Waals surface area contributed by atoms with Crippen LogP contribution < -0.4 is 17.2 Å². The predicted molar refractivity (Wildman–Crippen MR) is 62.0 cm³/mol. The van der Waals surface area contributed by atoms with E-state index >= 15 is 0 Å². The molecule has 0 aliphatic carbocycles. The van der Waals surface area contributed by atoms with Crippen molar-refractivity contribution in [1.29, 1.82) is 0 Å². The van der Waals surface area contributed by atoms with Crippen molar-refractivity contribution < 1.29 is 14.4 Å². The number of guanidine groups is 1. The lowest BCUT2D eigenvalue weighted by atomic mass is 10.2. The lowest BCUT2D eigenvalue weighted by molar-refractivity contribution is -0.138. The number of carboxylic acids is 1. The molecule has 8 nitrogen and oxygen atoms in total. The number of aliphatic imine (C=N–C) groups is 1. The fourth-order valence-electron chi connectivity index (χ4n) is 0.819. The molecule has 0 bridgehead atoms. The van der Waals surface area contributed by atoms with Crippen LogP contribution in [0, 0.1) is 0 Å². The summed E-state index contributed by atoms with van der Waals surface area (Å²) in [6, 6.07) is 0.902. The molecule has 0 fully saturated rings. The maximum Gasteiger partial charge on any atom is 0.320 e. The van der Waals surface area contributed by atoms with Crippen LogP contribution in [0.5, 0.6) is 0 Å². The van der Waals surface area contributed by atoms with Gasteiger partial charge in [-0.05, 0) is 18.9 Å². The first kappa shape index (κ1) is 14.9. The fourth-order valence-corrected chi connectivity index (χ4v) is 0.819. The number of aromatic nitrogens is 1. The second-order valence-corrected chi connectivity index (χ2v) is 3.08. The van der Waals surface area contributed by atoms with Gasteiger partial charge in [-0.25, -0.2) is 0 Å². The van der Waals surface area contributed by atoms with Crippen molar-refractivity contribution >= 4 is 11.9 Å². The van der Waals surface area contributed by atoms with E-state index in [1.54, 1.807) is 12.3 Å². The van der Waals surface area contributed by atoms with Gasteiger partial charge in [0.05, 0.1) is 6.20 Å². The molecule has 1 aromatic rings. The Morgan fingerprint density at radius 2 is 2.24 bits per heavy atom. The number of aliphatic carboxylic acids is 1. The smallest absolute Gasteiger partial charge is 0.320 e. The Balaban J connectivity index is 0.000000419. The third-order valence-electron chi connectivity index (χ3n) is 1.63. The van der Waals surface area contributed by atoms with Crippen molar-refractivity contribution in [1.82, 2.24) is 5.16 Å².